The Morgan fingerprint density at radius 3 is 2.37 bits per heavy atom. The fraction of sp³-hybridized carbons (Fsp3) is 0.923. The maximum Gasteiger partial charge on any atom is 0.168 e. The number of fused-ring (bicyclic) bond motifs is 1. The molecule has 2 aliphatic rings. The maximum atomic E-state index is 12.2. The number of ether oxygens (including phenoxy) is 2. The van der Waals surface area contributed by atoms with Crippen LogP contribution < -0.4 is 4.72 Å². The quantitative estimate of drug-likeness (QED) is 0.828. The van der Waals surface area contributed by atoms with Gasteiger partial charge in [-0.25, -0.2) is 8.93 Å². The van der Waals surface area contributed by atoms with Gasteiger partial charge >= 0.3 is 0 Å². The van der Waals surface area contributed by atoms with Crippen molar-refractivity contribution in [2.24, 2.45) is 5.92 Å². The standard InChI is InChI=1S/C13H23NO4S/c1-7-8(14-19(16)12(2,3)4)10-11(9(7)15)18-13(5,6)17-10/h7-8,10-11,14H,1-6H3/t7-,8-,10-,11+,19?/m1/s1. The van der Waals surface area contributed by atoms with Crippen molar-refractivity contribution in [2.45, 2.75) is 70.3 Å². The number of nitrogens with one attached hydrogen (secondary N) is 1. The Balaban J connectivity index is 2.17. The molecule has 1 aliphatic carbocycles. The number of ketones is 1. The van der Waals surface area contributed by atoms with E-state index in [1.807, 2.05) is 27.7 Å². The molecule has 2 rings (SSSR count). The zero-order valence-electron chi connectivity index (χ0n) is 12.4. The summed E-state index contributed by atoms with van der Waals surface area (Å²) in [4.78, 5) is 12.2. The summed E-state index contributed by atoms with van der Waals surface area (Å²) in [5.41, 5.74) is 0. The van der Waals surface area contributed by atoms with Gasteiger partial charge < -0.3 is 9.47 Å². The number of Topliss-reactive ketones (excluding diaryl/α,β-unsaturated/α-hetero) is 1. The van der Waals surface area contributed by atoms with Crippen molar-refractivity contribution in [3.63, 3.8) is 0 Å². The van der Waals surface area contributed by atoms with Crippen molar-refractivity contribution in [1.82, 2.24) is 4.72 Å². The lowest BCUT2D eigenvalue weighted by molar-refractivity contribution is -0.163. The molecule has 1 heterocycles. The topological polar surface area (TPSA) is 64.6 Å². The number of carbonyl (C=O) groups excluding carboxylic acids is 1. The van der Waals surface area contributed by atoms with Crippen LogP contribution in [0.3, 0.4) is 0 Å². The van der Waals surface area contributed by atoms with Gasteiger partial charge in [0.2, 0.25) is 0 Å². The molecular formula is C13H23NO4S. The lowest BCUT2D eigenvalue weighted by atomic mass is 10.1. The molecule has 1 aliphatic heterocycles. The second kappa shape index (κ2) is 4.62. The maximum absolute atomic E-state index is 12.2. The highest BCUT2D eigenvalue weighted by atomic mass is 32.2. The molecule has 0 spiro atoms. The van der Waals surface area contributed by atoms with Crippen LogP contribution in [0.25, 0.3) is 0 Å². The summed E-state index contributed by atoms with van der Waals surface area (Å²) >= 11 is 0. The van der Waals surface area contributed by atoms with Crippen LogP contribution in [0.2, 0.25) is 0 Å². The van der Waals surface area contributed by atoms with Crippen LogP contribution in [0.4, 0.5) is 0 Å². The van der Waals surface area contributed by atoms with Crippen molar-refractivity contribution in [3.8, 4) is 0 Å². The minimum absolute atomic E-state index is 0.0268. The van der Waals surface area contributed by atoms with Crippen LogP contribution in [-0.4, -0.2) is 38.8 Å². The van der Waals surface area contributed by atoms with Crippen LogP contribution in [0, 0.1) is 5.92 Å². The van der Waals surface area contributed by atoms with E-state index >= 15 is 0 Å². The SMILES string of the molecule is C[C@H]1C(=O)[C@@H]2OC(C)(C)O[C@@H]2[C@@H]1NS(=O)C(C)(C)C. The van der Waals surface area contributed by atoms with Gasteiger partial charge in [-0.15, -0.1) is 0 Å². The summed E-state index contributed by atoms with van der Waals surface area (Å²) in [6.45, 7) is 11.1. The second-order valence-corrected chi connectivity index (χ2v) is 8.73. The van der Waals surface area contributed by atoms with Crippen molar-refractivity contribution in [3.05, 3.63) is 0 Å². The van der Waals surface area contributed by atoms with Crippen LogP contribution in [-0.2, 0) is 25.3 Å². The first-order chi connectivity index (χ1) is 8.53. The molecule has 0 bridgehead atoms. The highest BCUT2D eigenvalue weighted by molar-refractivity contribution is 7.84. The fourth-order valence-corrected chi connectivity index (χ4v) is 3.40. The van der Waals surface area contributed by atoms with Crippen molar-refractivity contribution in [1.29, 1.82) is 0 Å². The van der Waals surface area contributed by atoms with Gasteiger partial charge in [-0.1, -0.05) is 6.92 Å². The zero-order valence-corrected chi connectivity index (χ0v) is 13.2. The Bertz CT molecular complexity index is 415. The van der Waals surface area contributed by atoms with E-state index in [0.29, 0.717) is 0 Å². The van der Waals surface area contributed by atoms with E-state index in [9.17, 15) is 9.00 Å². The molecule has 5 nitrogen and oxygen atoms in total. The molecule has 1 unspecified atom stereocenters. The van der Waals surface area contributed by atoms with Gasteiger partial charge in [-0.3, -0.25) is 4.79 Å². The Morgan fingerprint density at radius 1 is 1.26 bits per heavy atom. The van der Waals surface area contributed by atoms with E-state index in [4.69, 9.17) is 9.47 Å². The zero-order chi connectivity index (χ0) is 14.6. The highest BCUT2D eigenvalue weighted by Crippen LogP contribution is 2.39. The third-order valence-corrected chi connectivity index (χ3v) is 5.15. The smallest absolute Gasteiger partial charge is 0.168 e. The van der Waals surface area contributed by atoms with Gasteiger partial charge in [-0.2, -0.15) is 0 Å². The molecule has 1 saturated heterocycles. The number of hydrogen-bond acceptors (Lipinski definition) is 4. The molecule has 0 aromatic rings. The van der Waals surface area contributed by atoms with Crippen LogP contribution in [0.5, 0.6) is 0 Å². The van der Waals surface area contributed by atoms with Gasteiger partial charge in [-0.05, 0) is 34.6 Å². The molecule has 0 radical (unpaired) electrons. The highest BCUT2D eigenvalue weighted by Gasteiger charge is 2.57. The molecule has 0 amide bonds. The average Bonchev–Trinajstić information content (AvgIpc) is 2.66. The molecule has 0 aromatic carbocycles. The van der Waals surface area contributed by atoms with E-state index in [2.05, 4.69) is 4.72 Å². The molecule has 2 fully saturated rings. The van der Waals surface area contributed by atoms with E-state index in [1.54, 1.807) is 13.8 Å². The first-order valence-corrected chi connectivity index (χ1v) is 7.75. The molecule has 0 aromatic heterocycles. The molecule has 19 heavy (non-hydrogen) atoms. The number of carbonyl (C=O) groups is 1. The van der Waals surface area contributed by atoms with Crippen LogP contribution in [0.1, 0.15) is 41.5 Å². The van der Waals surface area contributed by atoms with E-state index in [1.165, 1.54) is 0 Å². The summed E-state index contributed by atoms with van der Waals surface area (Å²) in [5.74, 6) is -0.981. The minimum Gasteiger partial charge on any atom is -0.342 e. The Morgan fingerprint density at radius 2 is 1.84 bits per heavy atom. The van der Waals surface area contributed by atoms with Crippen molar-refractivity contribution < 1.29 is 18.5 Å². The minimum atomic E-state index is -1.23. The summed E-state index contributed by atoms with van der Waals surface area (Å²) in [7, 11) is -1.23. The Kier molecular flexibility index (Phi) is 3.67. The summed E-state index contributed by atoms with van der Waals surface area (Å²) in [5, 5.41) is 0. The van der Waals surface area contributed by atoms with Crippen molar-refractivity contribution in [2.75, 3.05) is 0 Å². The molecule has 110 valence electrons. The molecule has 6 heteroatoms. The van der Waals surface area contributed by atoms with Gasteiger partial charge in [0, 0.05) is 5.92 Å². The largest absolute Gasteiger partial charge is 0.342 e. The first kappa shape index (κ1) is 15.1. The third-order valence-electron chi connectivity index (χ3n) is 3.55. The predicted octanol–water partition coefficient (Wildman–Crippen LogP) is 1.15. The third kappa shape index (κ3) is 2.77. The summed E-state index contributed by atoms with van der Waals surface area (Å²) in [6, 6.07) is -0.265. The first-order valence-electron chi connectivity index (χ1n) is 6.60. The van der Waals surface area contributed by atoms with Crippen molar-refractivity contribution >= 4 is 16.8 Å². The van der Waals surface area contributed by atoms with Gasteiger partial charge in [0.05, 0.1) is 21.8 Å². The van der Waals surface area contributed by atoms with Gasteiger partial charge in [0.15, 0.2) is 11.6 Å². The summed E-state index contributed by atoms with van der Waals surface area (Å²) in [6.07, 6.45) is -0.900. The Hall–Kier alpha value is -0.300. The average molecular weight is 289 g/mol. The van der Waals surface area contributed by atoms with Crippen LogP contribution in [0.15, 0.2) is 0 Å². The number of hydrogen-bond donors (Lipinski definition) is 1. The Labute approximate surface area is 117 Å². The summed E-state index contributed by atoms with van der Waals surface area (Å²) < 4.78 is 26.3. The molecule has 1 N–H and O–H groups in total. The van der Waals surface area contributed by atoms with Gasteiger partial charge in [0.25, 0.3) is 0 Å². The second-order valence-electron chi connectivity index (χ2n) is 6.74. The predicted molar refractivity (Wildman–Crippen MR) is 72.8 cm³/mol. The van der Waals surface area contributed by atoms with Gasteiger partial charge in [0.1, 0.15) is 12.2 Å². The monoisotopic (exact) mass is 289 g/mol. The van der Waals surface area contributed by atoms with E-state index in [0.717, 1.165) is 0 Å². The molecular weight excluding hydrogens is 266 g/mol. The number of rotatable bonds is 2. The van der Waals surface area contributed by atoms with E-state index in [-0.39, 0.29) is 28.6 Å². The fourth-order valence-electron chi connectivity index (χ4n) is 2.46. The normalized spacial score (nSPS) is 39.4. The van der Waals surface area contributed by atoms with Crippen LogP contribution >= 0.6 is 0 Å². The molecule has 5 atom stereocenters. The lowest BCUT2D eigenvalue weighted by Gasteiger charge is -2.27. The lowest BCUT2D eigenvalue weighted by Crippen LogP contribution is -2.47. The molecule has 1 saturated carbocycles. The van der Waals surface area contributed by atoms with E-state index < -0.39 is 22.9 Å².